The molecule has 2 aromatic rings. The first-order valence-corrected chi connectivity index (χ1v) is 9.44. The summed E-state index contributed by atoms with van der Waals surface area (Å²) in [6.45, 7) is 2.96. The van der Waals surface area contributed by atoms with E-state index in [9.17, 15) is 10.1 Å². The molecule has 0 saturated heterocycles. The van der Waals surface area contributed by atoms with E-state index in [1.807, 2.05) is 36.4 Å². The van der Waals surface area contributed by atoms with Crippen molar-refractivity contribution in [3.63, 3.8) is 0 Å². The van der Waals surface area contributed by atoms with Crippen molar-refractivity contribution in [2.24, 2.45) is 0 Å². The molecule has 6 heteroatoms. The number of methoxy groups -OCH3 is 1. The predicted octanol–water partition coefficient (Wildman–Crippen LogP) is 4.46. The van der Waals surface area contributed by atoms with Crippen LogP contribution in [0.1, 0.15) is 36.4 Å². The maximum absolute atomic E-state index is 11.9. The van der Waals surface area contributed by atoms with Gasteiger partial charge < -0.3 is 14.4 Å². The number of hydrogen-bond donors (Lipinski definition) is 1. The highest BCUT2D eigenvalue weighted by Gasteiger charge is 2.39. The van der Waals surface area contributed by atoms with E-state index in [2.05, 4.69) is 29.1 Å². The molecule has 1 heterocycles. The fourth-order valence-corrected chi connectivity index (χ4v) is 3.70. The highest BCUT2D eigenvalue weighted by molar-refractivity contribution is 5.84. The number of ether oxygens (including phenoxy) is 2. The molecule has 1 aliphatic heterocycles. The molecule has 0 saturated carbocycles. The maximum atomic E-state index is 11.9. The van der Waals surface area contributed by atoms with Crippen molar-refractivity contribution in [2.45, 2.75) is 25.3 Å². The second-order valence-electron chi connectivity index (χ2n) is 6.60. The van der Waals surface area contributed by atoms with Gasteiger partial charge >= 0.3 is 6.09 Å². The summed E-state index contributed by atoms with van der Waals surface area (Å²) >= 11 is 0. The quantitative estimate of drug-likeness (QED) is 0.583. The third-order valence-corrected chi connectivity index (χ3v) is 4.97. The Morgan fingerprint density at radius 2 is 2.14 bits per heavy atom. The van der Waals surface area contributed by atoms with Crippen LogP contribution in [-0.2, 0) is 4.74 Å². The lowest BCUT2D eigenvalue weighted by atomic mass is 9.91. The molecule has 0 radical (unpaired) electrons. The van der Waals surface area contributed by atoms with Gasteiger partial charge in [-0.05, 0) is 36.2 Å². The van der Waals surface area contributed by atoms with Crippen LogP contribution in [0.4, 0.5) is 16.2 Å². The zero-order valence-electron chi connectivity index (χ0n) is 16.5. The van der Waals surface area contributed by atoms with E-state index in [4.69, 9.17) is 15.9 Å². The molecule has 29 heavy (non-hydrogen) atoms. The van der Waals surface area contributed by atoms with Crippen molar-refractivity contribution in [1.29, 1.82) is 5.26 Å². The van der Waals surface area contributed by atoms with Crippen molar-refractivity contribution in [1.82, 2.24) is 0 Å². The van der Waals surface area contributed by atoms with Gasteiger partial charge in [0.1, 0.15) is 12.4 Å². The number of benzene rings is 2. The Labute approximate surface area is 171 Å². The number of nitrogens with zero attached hydrogens (tertiary/aromatic N) is 2. The largest absolute Gasteiger partial charge is 0.497 e. The number of carbonyl (C=O) groups is 1. The first kappa shape index (κ1) is 20.1. The van der Waals surface area contributed by atoms with Crippen LogP contribution in [-0.4, -0.2) is 26.4 Å². The van der Waals surface area contributed by atoms with Crippen LogP contribution in [0.2, 0.25) is 0 Å². The van der Waals surface area contributed by atoms with Crippen LogP contribution in [0.25, 0.3) is 0 Å². The summed E-state index contributed by atoms with van der Waals surface area (Å²) in [7, 11) is 1.63. The fraction of sp³-hybridized carbons (Fsp3) is 0.304. The molecule has 0 spiro atoms. The van der Waals surface area contributed by atoms with Gasteiger partial charge in [0.15, 0.2) is 0 Å². The number of carbonyl (C=O) groups excluding carboxylic acids is 1. The van der Waals surface area contributed by atoms with Crippen molar-refractivity contribution >= 4 is 17.5 Å². The van der Waals surface area contributed by atoms with Crippen LogP contribution in [0.5, 0.6) is 5.75 Å². The Balaban J connectivity index is 1.88. The molecule has 6 nitrogen and oxygen atoms in total. The Hall–Kier alpha value is -3.64. The van der Waals surface area contributed by atoms with E-state index in [0.717, 1.165) is 29.1 Å². The summed E-state index contributed by atoms with van der Waals surface area (Å²) in [6, 6.07) is 15.6. The van der Waals surface area contributed by atoms with E-state index >= 15 is 0 Å². The SMILES string of the molecule is C#CCCOC(=O)Nc1cccc(C2C(C#N)c3ccc(OC)cc3N2CC)c1. The second kappa shape index (κ2) is 9.03. The second-order valence-corrected chi connectivity index (χ2v) is 6.60. The summed E-state index contributed by atoms with van der Waals surface area (Å²) in [5, 5.41) is 12.6. The lowest BCUT2D eigenvalue weighted by molar-refractivity contribution is 0.164. The Morgan fingerprint density at radius 1 is 1.31 bits per heavy atom. The number of amides is 1. The van der Waals surface area contributed by atoms with Crippen molar-refractivity contribution in [3.8, 4) is 24.2 Å². The summed E-state index contributed by atoms with van der Waals surface area (Å²) in [5.41, 5.74) is 3.52. The number of terminal acetylenes is 1. The van der Waals surface area contributed by atoms with Crippen molar-refractivity contribution < 1.29 is 14.3 Å². The van der Waals surface area contributed by atoms with Gasteiger partial charge in [0.05, 0.1) is 25.1 Å². The summed E-state index contributed by atoms with van der Waals surface area (Å²) in [6.07, 6.45) is 4.98. The zero-order chi connectivity index (χ0) is 20.8. The highest BCUT2D eigenvalue weighted by Crippen LogP contribution is 2.49. The summed E-state index contributed by atoms with van der Waals surface area (Å²) < 4.78 is 10.4. The fourth-order valence-electron chi connectivity index (χ4n) is 3.70. The molecule has 2 atom stereocenters. The summed E-state index contributed by atoms with van der Waals surface area (Å²) in [5.74, 6) is 2.85. The number of likely N-dealkylation sites (N-methyl/N-ethyl adjacent to an activating group) is 1. The van der Waals surface area contributed by atoms with Gasteiger partial charge in [-0.3, -0.25) is 5.32 Å². The van der Waals surface area contributed by atoms with Crippen LogP contribution >= 0.6 is 0 Å². The third-order valence-electron chi connectivity index (χ3n) is 4.97. The number of hydrogen-bond acceptors (Lipinski definition) is 5. The predicted molar refractivity (Wildman–Crippen MR) is 112 cm³/mol. The molecule has 0 aliphatic carbocycles. The van der Waals surface area contributed by atoms with Crippen LogP contribution in [0.15, 0.2) is 42.5 Å². The highest BCUT2D eigenvalue weighted by atomic mass is 16.5. The molecule has 2 aromatic carbocycles. The first-order valence-electron chi connectivity index (χ1n) is 9.44. The van der Waals surface area contributed by atoms with E-state index in [1.54, 1.807) is 13.2 Å². The Bertz CT molecular complexity index is 974. The molecule has 1 amide bonds. The number of nitrogens with one attached hydrogen (secondary N) is 1. The minimum Gasteiger partial charge on any atom is -0.497 e. The van der Waals surface area contributed by atoms with Gasteiger partial charge in [0.25, 0.3) is 0 Å². The van der Waals surface area contributed by atoms with Crippen LogP contribution in [0.3, 0.4) is 0 Å². The topological polar surface area (TPSA) is 74.6 Å². The first-order chi connectivity index (χ1) is 14.1. The average Bonchev–Trinajstić information content (AvgIpc) is 3.06. The normalized spacial score (nSPS) is 17.0. The molecule has 0 aromatic heterocycles. The number of anilines is 2. The van der Waals surface area contributed by atoms with Gasteiger partial charge in [-0.1, -0.05) is 18.2 Å². The smallest absolute Gasteiger partial charge is 0.411 e. The molecule has 1 aliphatic rings. The van der Waals surface area contributed by atoms with E-state index in [0.29, 0.717) is 12.1 Å². The maximum Gasteiger partial charge on any atom is 0.411 e. The standard InChI is InChI=1S/C23H23N3O3/c1-4-6-12-29-23(27)25-17-9-7-8-16(13-17)22-20(15-24)19-11-10-18(28-3)14-21(19)26(22)5-2/h1,7-11,13-14,20,22H,5-6,12H2,2-3H3,(H,25,27). The minimum absolute atomic E-state index is 0.161. The molecule has 0 fully saturated rings. The van der Waals surface area contributed by atoms with Gasteiger partial charge in [0, 0.05) is 30.4 Å². The molecule has 2 unspecified atom stereocenters. The molecular formula is C23H23N3O3. The van der Waals surface area contributed by atoms with Crippen LogP contribution < -0.4 is 15.0 Å². The lowest BCUT2D eigenvalue weighted by Gasteiger charge is -2.28. The van der Waals surface area contributed by atoms with E-state index in [1.165, 1.54) is 0 Å². The van der Waals surface area contributed by atoms with Gasteiger partial charge in [0.2, 0.25) is 0 Å². The van der Waals surface area contributed by atoms with E-state index < -0.39 is 6.09 Å². The molecule has 148 valence electrons. The van der Waals surface area contributed by atoms with Crippen LogP contribution in [0, 0.1) is 23.7 Å². The average molecular weight is 389 g/mol. The Morgan fingerprint density at radius 3 is 2.83 bits per heavy atom. The number of fused-ring (bicyclic) bond motifs is 1. The van der Waals surface area contributed by atoms with Crippen molar-refractivity contribution in [3.05, 3.63) is 53.6 Å². The molecular weight excluding hydrogens is 366 g/mol. The van der Waals surface area contributed by atoms with Gasteiger partial charge in [-0.25, -0.2) is 4.79 Å². The van der Waals surface area contributed by atoms with Crippen molar-refractivity contribution in [2.75, 3.05) is 30.5 Å². The summed E-state index contributed by atoms with van der Waals surface area (Å²) in [4.78, 5) is 14.1. The number of rotatable bonds is 6. The van der Waals surface area contributed by atoms with Gasteiger partial charge in [-0.2, -0.15) is 5.26 Å². The third kappa shape index (κ3) is 4.12. The lowest BCUT2D eigenvalue weighted by Crippen LogP contribution is -2.26. The van der Waals surface area contributed by atoms with E-state index in [-0.39, 0.29) is 18.6 Å². The number of nitriles is 1. The monoisotopic (exact) mass is 389 g/mol. The minimum atomic E-state index is -0.555. The Kier molecular flexibility index (Phi) is 6.26. The van der Waals surface area contributed by atoms with Gasteiger partial charge in [-0.15, -0.1) is 12.3 Å². The zero-order valence-corrected chi connectivity index (χ0v) is 16.5. The molecule has 3 rings (SSSR count). The molecule has 1 N–H and O–H groups in total. The molecule has 0 bridgehead atoms.